The molecule has 1 aromatic rings. The molecule has 1 aliphatic rings. The maximum Gasteiger partial charge on any atom is 0.226 e. The van der Waals surface area contributed by atoms with Crippen LogP contribution in [0.5, 0.6) is 0 Å². The zero-order valence-corrected chi connectivity index (χ0v) is 13.5. The molecule has 0 spiro atoms. The van der Waals surface area contributed by atoms with Gasteiger partial charge in [-0.3, -0.25) is 4.79 Å². The van der Waals surface area contributed by atoms with Gasteiger partial charge in [0.2, 0.25) is 5.91 Å². The summed E-state index contributed by atoms with van der Waals surface area (Å²) in [5.41, 5.74) is 1.95. The molecule has 0 unspecified atom stereocenters. The number of rotatable bonds is 5. The Labute approximate surface area is 131 Å². The van der Waals surface area contributed by atoms with Crippen molar-refractivity contribution in [3.8, 4) is 0 Å². The number of amides is 1. The molecule has 3 nitrogen and oxygen atoms in total. The van der Waals surface area contributed by atoms with Crippen LogP contribution in [0.25, 0.3) is 0 Å². The molecule has 0 aliphatic carbocycles. The van der Waals surface area contributed by atoms with Crippen molar-refractivity contribution in [3.05, 3.63) is 46.5 Å². The third kappa shape index (κ3) is 4.87. The molecular formula is C17H23ClN2O. The van der Waals surface area contributed by atoms with E-state index in [9.17, 15) is 4.79 Å². The zero-order valence-electron chi connectivity index (χ0n) is 12.7. The zero-order chi connectivity index (χ0) is 15.3. The Balaban J connectivity index is 1.91. The van der Waals surface area contributed by atoms with Crippen LogP contribution in [0.1, 0.15) is 25.8 Å². The van der Waals surface area contributed by atoms with Gasteiger partial charge in [-0.15, -0.1) is 0 Å². The summed E-state index contributed by atoms with van der Waals surface area (Å²) in [5, 5.41) is 7.04. The normalized spacial score (nSPS) is 15.5. The first-order valence-electron chi connectivity index (χ1n) is 7.39. The number of halogens is 1. The van der Waals surface area contributed by atoms with E-state index < -0.39 is 5.41 Å². The third-order valence-electron chi connectivity index (χ3n) is 3.78. The summed E-state index contributed by atoms with van der Waals surface area (Å²) in [7, 11) is 0. The molecule has 0 fully saturated rings. The van der Waals surface area contributed by atoms with E-state index in [0.717, 1.165) is 25.1 Å². The maximum absolute atomic E-state index is 12.4. The van der Waals surface area contributed by atoms with Gasteiger partial charge in [-0.25, -0.2) is 0 Å². The Morgan fingerprint density at radius 2 is 2.24 bits per heavy atom. The van der Waals surface area contributed by atoms with Gasteiger partial charge in [0.15, 0.2) is 0 Å². The molecule has 21 heavy (non-hydrogen) atoms. The SMILES string of the molecule is CC(C)(Cc1cccc(Cl)c1)C(=O)NCC1=CCNCC1. The van der Waals surface area contributed by atoms with Crippen molar-refractivity contribution in [2.45, 2.75) is 26.7 Å². The fourth-order valence-corrected chi connectivity index (χ4v) is 2.71. The van der Waals surface area contributed by atoms with Gasteiger partial charge >= 0.3 is 0 Å². The second-order valence-electron chi connectivity index (χ2n) is 6.19. The Morgan fingerprint density at radius 3 is 2.90 bits per heavy atom. The first kappa shape index (κ1) is 16.1. The van der Waals surface area contributed by atoms with E-state index in [1.54, 1.807) is 0 Å². The van der Waals surface area contributed by atoms with Gasteiger partial charge in [-0.1, -0.05) is 49.2 Å². The lowest BCUT2D eigenvalue weighted by atomic mass is 9.84. The first-order valence-corrected chi connectivity index (χ1v) is 7.76. The van der Waals surface area contributed by atoms with Crippen LogP contribution in [-0.4, -0.2) is 25.5 Å². The van der Waals surface area contributed by atoms with Crippen LogP contribution in [-0.2, 0) is 11.2 Å². The standard InChI is InChI=1S/C17H23ClN2O/c1-17(2,11-14-4-3-5-15(18)10-14)16(21)20-12-13-6-8-19-9-7-13/h3-6,10,19H,7-9,11-12H2,1-2H3,(H,20,21). The van der Waals surface area contributed by atoms with Crippen LogP contribution in [0, 0.1) is 5.41 Å². The van der Waals surface area contributed by atoms with Crippen molar-refractivity contribution in [1.29, 1.82) is 0 Å². The first-order chi connectivity index (χ1) is 9.97. The summed E-state index contributed by atoms with van der Waals surface area (Å²) in [6.45, 7) is 6.49. The molecule has 0 atom stereocenters. The fourth-order valence-electron chi connectivity index (χ4n) is 2.50. The lowest BCUT2D eigenvalue weighted by molar-refractivity contribution is -0.129. The summed E-state index contributed by atoms with van der Waals surface area (Å²) in [4.78, 5) is 12.4. The Hall–Kier alpha value is -1.32. The number of nitrogens with one attached hydrogen (secondary N) is 2. The Bertz CT molecular complexity index is 537. The van der Waals surface area contributed by atoms with Gasteiger partial charge in [0.05, 0.1) is 0 Å². The molecule has 1 aliphatic heterocycles. The van der Waals surface area contributed by atoms with Crippen molar-refractivity contribution in [2.75, 3.05) is 19.6 Å². The molecule has 0 saturated heterocycles. The van der Waals surface area contributed by atoms with Crippen molar-refractivity contribution in [1.82, 2.24) is 10.6 Å². The van der Waals surface area contributed by atoms with E-state index in [-0.39, 0.29) is 5.91 Å². The molecule has 0 bridgehead atoms. The van der Waals surface area contributed by atoms with Gasteiger partial charge in [-0.05, 0) is 37.1 Å². The lowest BCUT2D eigenvalue weighted by Gasteiger charge is -2.25. The molecule has 4 heteroatoms. The second kappa shape index (κ2) is 7.10. The molecule has 2 N–H and O–H groups in total. The summed E-state index contributed by atoms with van der Waals surface area (Å²) in [6, 6.07) is 7.70. The van der Waals surface area contributed by atoms with E-state index in [1.165, 1.54) is 5.57 Å². The van der Waals surface area contributed by atoms with E-state index in [4.69, 9.17) is 11.6 Å². The molecule has 0 aromatic heterocycles. The van der Waals surface area contributed by atoms with Crippen LogP contribution in [0.4, 0.5) is 0 Å². The molecular weight excluding hydrogens is 284 g/mol. The number of hydrogen-bond donors (Lipinski definition) is 2. The monoisotopic (exact) mass is 306 g/mol. The van der Waals surface area contributed by atoms with Crippen molar-refractivity contribution >= 4 is 17.5 Å². The summed E-state index contributed by atoms with van der Waals surface area (Å²) < 4.78 is 0. The van der Waals surface area contributed by atoms with E-state index in [2.05, 4.69) is 16.7 Å². The quantitative estimate of drug-likeness (QED) is 0.821. The second-order valence-corrected chi connectivity index (χ2v) is 6.63. The van der Waals surface area contributed by atoms with Gasteiger partial charge in [0, 0.05) is 23.5 Å². The minimum atomic E-state index is -0.446. The van der Waals surface area contributed by atoms with Gasteiger partial charge in [0.1, 0.15) is 0 Å². The van der Waals surface area contributed by atoms with Crippen LogP contribution in [0.3, 0.4) is 0 Å². The van der Waals surface area contributed by atoms with Crippen LogP contribution < -0.4 is 10.6 Å². The van der Waals surface area contributed by atoms with Crippen LogP contribution >= 0.6 is 11.6 Å². The summed E-state index contributed by atoms with van der Waals surface area (Å²) >= 11 is 6.00. The van der Waals surface area contributed by atoms with Crippen LogP contribution in [0.2, 0.25) is 5.02 Å². The highest BCUT2D eigenvalue weighted by molar-refractivity contribution is 6.30. The third-order valence-corrected chi connectivity index (χ3v) is 4.02. The number of carbonyl (C=O) groups excluding carboxylic acids is 1. The van der Waals surface area contributed by atoms with E-state index >= 15 is 0 Å². The molecule has 2 rings (SSSR count). The smallest absolute Gasteiger partial charge is 0.226 e. The number of benzene rings is 1. The lowest BCUT2D eigenvalue weighted by Crippen LogP contribution is -2.40. The van der Waals surface area contributed by atoms with Crippen molar-refractivity contribution in [3.63, 3.8) is 0 Å². The number of hydrogen-bond acceptors (Lipinski definition) is 2. The molecule has 0 radical (unpaired) electrons. The Kier molecular flexibility index (Phi) is 5.43. The molecule has 1 heterocycles. The average molecular weight is 307 g/mol. The summed E-state index contributed by atoms with van der Waals surface area (Å²) in [5.74, 6) is 0.0851. The predicted octanol–water partition coefficient (Wildman–Crippen LogP) is 2.94. The largest absolute Gasteiger partial charge is 0.352 e. The highest BCUT2D eigenvalue weighted by atomic mass is 35.5. The average Bonchev–Trinajstić information content (AvgIpc) is 2.45. The molecule has 0 saturated carbocycles. The van der Waals surface area contributed by atoms with Gasteiger partial charge in [0.25, 0.3) is 0 Å². The van der Waals surface area contributed by atoms with Crippen molar-refractivity contribution < 1.29 is 4.79 Å². The van der Waals surface area contributed by atoms with E-state index in [1.807, 2.05) is 38.1 Å². The minimum absolute atomic E-state index is 0.0851. The topological polar surface area (TPSA) is 41.1 Å². The van der Waals surface area contributed by atoms with Gasteiger partial charge < -0.3 is 10.6 Å². The van der Waals surface area contributed by atoms with Crippen molar-refractivity contribution in [2.24, 2.45) is 5.41 Å². The molecule has 1 amide bonds. The molecule has 114 valence electrons. The summed E-state index contributed by atoms with van der Waals surface area (Å²) in [6.07, 6.45) is 3.85. The highest BCUT2D eigenvalue weighted by Crippen LogP contribution is 2.24. The van der Waals surface area contributed by atoms with Gasteiger partial charge in [-0.2, -0.15) is 0 Å². The maximum atomic E-state index is 12.4. The predicted molar refractivity (Wildman–Crippen MR) is 87.5 cm³/mol. The highest BCUT2D eigenvalue weighted by Gasteiger charge is 2.27. The fraction of sp³-hybridized carbons (Fsp3) is 0.471. The molecule has 1 aromatic carbocycles. The van der Waals surface area contributed by atoms with E-state index in [0.29, 0.717) is 18.0 Å². The Morgan fingerprint density at radius 1 is 1.43 bits per heavy atom. The number of carbonyl (C=O) groups is 1. The minimum Gasteiger partial charge on any atom is -0.352 e. The van der Waals surface area contributed by atoms with Crippen LogP contribution in [0.15, 0.2) is 35.9 Å².